The van der Waals surface area contributed by atoms with Crippen LogP contribution in [0.1, 0.15) is 22.9 Å². The first-order valence-corrected chi connectivity index (χ1v) is 7.44. The third-order valence-electron chi connectivity index (χ3n) is 2.96. The SMILES string of the molecule is c1ccc(OCCc2nnc(CNC3CC3)s2)cc1. The van der Waals surface area contributed by atoms with Crippen LogP contribution < -0.4 is 10.1 Å². The zero-order valence-electron chi connectivity index (χ0n) is 10.7. The summed E-state index contributed by atoms with van der Waals surface area (Å²) in [7, 11) is 0. The van der Waals surface area contributed by atoms with Crippen molar-refractivity contribution in [3.63, 3.8) is 0 Å². The first-order valence-electron chi connectivity index (χ1n) is 6.62. The van der Waals surface area contributed by atoms with Gasteiger partial charge in [0.25, 0.3) is 0 Å². The normalized spacial score (nSPS) is 14.5. The molecule has 1 heterocycles. The number of benzene rings is 1. The highest BCUT2D eigenvalue weighted by Crippen LogP contribution is 2.20. The van der Waals surface area contributed by atoms with Gasteiger partial charge in [-0.1, -0.05) is 18.2 Å². The Labute approximate surface area is 116 Å². The lowest BCUT2D eigenvalue weighted by molar-refractivity contribution is 0.321. The third kappa shape index (κ3) is 4.01. The molecule has 5 heteroatoms. The van der Waals surface area contributed by atoms with Crippen LogP contribution in [0.3, 0.4) is 0 Å². The summed E-state index contributed by atoms with van der Waals surface area (Å²) in [6.07, 6.45) is 3.42. The van der Waals surface area contributed by atoms with Crippen LogP contribution in [0.25, 0.3) is 0 Å². The molecule has 1 aromatic carbocycles. The summed E-state index contributed by atoms with van der Waals surface area (Å²) in [4.78, 5) is 0. The van der Waals surface area contributed by atoms with E-state index in [-0.39, 0.29) is 0 Å². The largest absolute Gasteiger partial charge is 0.493 e. The van der Waals surface area contributed by atoms with Gasteiger partial charge >= 0.3 is 0 Å². The second-order valence-electron chi connectivity index (χ2n) is 4.66. The molecule has 0 spiro atoms. The topological polar surface area (TPSA) is 47.0 Å². The first-order chi connectivity index (χ1) is 9.40. The number of hydrogen-bond acceptors (Lipinski definition) is 5. The summed E-state index contributed by atoms with van der Waals surface area (Å²) in [5.41, 5.74) is 0. The van der Waals surface area contributed by atoms with E-state index in [0.717, 1.165) is 28.7 Å². The van der Waals surface area contributed by atoms with Crippen molar-refractivity contribution in [2.45, 2.75) is 31.8 Å². The van der Waals surface area contributed by atoms with Gasteiger partial charge in [-0.2, -0.15) is 0 Å². The first kappa shape index (κ1) is 12.6. The molecule has 4 nitrogen and oxygen atoms in total. The third-order valence-corrected chi connectivity index (χ3v) is 3.94. The highest BCUT2D eigenvalue weighted by molar-refractivity contribution is 7.11. The molecule has 0 unspecified atom stereocenters. The minimum absolute atomic E-state index is 0.648. The Morgan fingerprint density at radius 3 is 2.74 bits per heavy atom. The molecule has 2 aromatic rings. The van der Waals surface area contributed by atoms with Crippen LogP contribution in [-0.2, 0) is 13.0 Å². The van der Waals surface area contributed by atoms with Gasteiger partial charge in [0, 0.05) is 19.0 Å². The number of ether oxygens (including phenoxy) is 1. The van der Waals surface area contributed by atoms with E-state index in [4.69, 9.17) is 4.74 Å². The molecule has 0 aliphatic heterocycles. The van der Waals surface area contributed by atoms with Gasteiger partial charge in [0.2, 0.25) is 0 Å². The summed E-state index contributed by atoms with van der Waals surface area (Å²) < 4.78 is 5.65. The Hall–Kier alpha value is -1.46. The molecule has 1 aliphatic rings. The molecule has 100 valence electrons. The monoisotopic (exact) mass is 275 g/mol. The molecule has 19 heavy (non-hydrogen) atoms. The molecule has 0 radical (unpaired) electrons. The molecule has 3 rings (SSSR count). The Bertz CT molecular complexity index is 510. The van der Waals surface area contributed by atoms with Crippen LogP contribution in [0, 0.1) is 0 Å². The zero-order chi connectivity index (χ0) is 12.9. The number of nitrogens with zero attached hydrogens (tertiary/aromatic N) is 2. The van der Waals surface area contributed by atoms with E-state index in [2.05, 4.69) is 15.5 Å². The summed E-state index contributed by atoms with van der Waals surface area (Å²) in [5, 5.41) is 13.9. The smallest absolute Gasteiger partial charge is 0.131 e. The van der Waals surface area contributed by atoms with Crippen LogP contribution in [0.2, 0.25) is 0 Å². The van der Waals surface area contributed by atoms with E-state index in [9.17, 15) is 0 Å². The fourth-order valence-corrected chi connectivity index (χ4v) is 2.53. The van der Waals surface area contributed by atoms with Crippen molar-refractivity contribution in [3.05, 3.63) is 40.3 Å². The van der Waals surface area contributed by atoms with Gasteiger partial charge in [-0.05, 0) is 25.0 Å². The maximum Gasteiger partial charge on any atom is 0.131 e. The number of nitrogens with one attached hydrogen (secondary N) is 1. The standard InChI is InChI=1S/C14H17N3OS/c1-2-4-12(5-3-1)18-9-8-13-16-17-14(19-13)10-15-11-6-7-11/h1-5,11,15H,6-10H2. The maximum atomic E-state index is 5.65. The van der Waals surface area contributed by atoms with Gasteiger partial charge in [0.1, 0.15) is 15.8 Å². The molecule has 0 bridgehead atoms. The Morgan fingerprint density at radius 1 is 1.16 bits per heavy atom. The van der Waals surface area contributed by atoms with E-state index < -0.39 is 0 Å². The number of aromatic nitrogens is 2. The zero-order valence-corrected chi connectivity index (χ0v) is 11.5. The van der Waals surface area contributed by atoms with Gasteiger partial charge in [-0.3, -0.25) is 0 Å². The Kier molecular flexibility index (Phi) is 4.05. The summed E-state index contributed by atoms with van der Waals surface area (Å²) in [6, 6.07) is 10.6. The lowest BCUT2D eigenvalue weighted by Gasteiger charge is -2.03. The molecular weight excluding hydrogens is 258 g/mol. The highest BCUT2D eigenvalue weighted by atomic mass is 32.1. The van der Waals surface area contributed by atoms with Crippen molar-refractivity contribution >= 4 is 11.3 Å². The van der Waals surface area contributed by atoms with E-state index in [1.165, 1.54) is 12.8 Å². The van der Waals surface area contributed by atoms with Crippen molar-refractivity contribution in [1.82, 2.24) is 15.5 Å². The van der Waals surface area contributed by atoms with Crippen LogP contribution in [0.4, 0.5) is 0 Å². The fraction of sp³-hybridized carbons (Fsp3) is 0.429. The maximum absolute atomic E-state index is 5.65. The van der Waals surface area contributed by atoms with Crippen molar-refractivity contribution in [1.29, 1.82) is 0 Å². The number of rotatable bonds is 7. The molecule has 1 saturated carbocycles. The van der Waals surface area contributed by atoms with Gasteiger partial charge in [0.05, 0.1) is 6.61 Å². The predicted molar refractivity (Wildman–Crippen MR) is 75.4 cm³/mol. The second kappa shape index (κ2) is 6.12. The summed E-state index contributed by atoms with van der Waals surface area (Å²) >= 11 is 1.67. The number of hydrogen-bond donors (Lipinski definition) is 1. The van der Waals surface area contributed by atoms with E-state index in [0.29, 0.717) is 12.6 Å². The molecule has 0 amide bonds. The van der Waals surface area contributed by atoms with Crippen molar-refractivity contribution in [2.24, 2.45) is 0 Å². The average Bonchev–Trinajstić information content (AvgIpc) is 3.17. The molecule has 1 aliphatic carbocycles. The summed E-state index contributed by atoms with van der Waals surface area (Å²) in [6.45, 7) is 1.50. The second-order valence-corrected chi connectivity index (χ2v) is 5.80. The van der Waals surface area contributed by atoms with E-state index >= 15 is 0 Å². The van der Waals surface area contributed by atoms with Crippen molar-refractivity contribution in [3.8, 4) is 5.75 Å². The van der Waals surface area contributed by atoms with Gasteiger partial charge in [0.15, 0.2) is 0 Å². The van der Waals surface area contributed by atoms with E-state index in [1.807, 2.05) is 30.3 Å². The molecule has 0 atom stereocenters. The molecule has 1 aromatic heterocycles. The minimum atomic E-state index is 0.648. The van der Waals surface area contributed by atoms with Crippen LogP contribution in [-0.4, -0.2) is 22.8 Å². The average molecular weight is 275 g/mol. The Morgan fingerprint density at radius 2 is 1.95 bits per heavy atom. The molecule has 1 N–H and O–H groups in total. The van der Waals surface area contributed by atoms with Crippen molar-refractivity contribution in [2.75, 3.05) is 6.61 Å². The summed E-state index contributed by atoms with van der Waals surface area (Å²) in [5.74, 6) is 0.905. The predicted octanol–water partition coefficient (Wildman–Crippen LogP) is 2.41. The quantitative estimate of drug-likeness (QED) is 0.843. The lowest BCUT2D eigenvalue weighted by atomic mass is 10.3. The lowest BCUT2D eigenvalue weighted by Crippen LogP contribution is -2.14. The highest BCUT2D eigenvalue weighted by Gasteiger charge is 2.20. The number of para-hydroxylation sites is 1. The van der Waals surface area contributed by atoms with Gasteiger partial charge in [-0.25, -0.2) is 0 Å². The van der Waals surface area contributed by atoms with Crippen LogP contribution in [0.15, 0.2) is 30.3 Å². The van der Waals surface area contributed by atoms with Crippen LogP contribution in [0.5, 0.6) is 5.75 Å². The molecule has 0 saturated heterocycles. The Balaban J connectivity index is 1.42. The fourth-order valence-electron chi connectivity index (χ4n) is 1.75. The van der Waals surface area contributed by atoms with E-state index in [1.54, 1.807) is 11.3 Å². The molecule has 1 fully saturated rings. The van der Waals surface area contributed by atoms with Crippen molar-refractivity contribution < 1.29 is 4.74 Å². The molecular formula is C14H17N3OS. The van der Waals surface area contributed by atoms with Gasteiger partial charge in [-0.15, -0.1) is 21.5 Å². The van der Waals surface area contributed by atoms with Crippen LogP contribution >= 0.6 is 11.3 Å². The minimum Gasteiger partial charge on any atom is -0.493 e. The van der Waals surface area contributed by atoms with Gasteiger partial charge < -0.3 is 10.1 Å².